The molecule has 0 saturated carbocycles. The number of carbonyl (C=O) groups excluding carboxylic acids is 3. The maximum Gasteiger partial charge on any atom is 0.416 e. The topological polar surface area (TPSA) is 203 Å². The molecule has 0 spiro atoms. The summed E-state index contributed by atoms with van der Waals surface area (Å²) in [6, 6.07) is 1.36. The normalized spacial score (nSPS) is 17.2. The molecule has 2 rings (SSSR count). The van der Waals surface area contributed by atoms with E-state index in [4.69, 9.17) is 26.2 Å². The maximum atomic E-state index is 13.0. The molecule has 1 aromatic rings. The molecule has 226 valence electrons. The summed E-state index contributed by atoms with van der Waals surface area (Å²) in [7, 11) is -8.56. The van der Waals surface area contributed by atoms with Gasteiger partial charge < -0.3 is 20.1 Å². The van der Waals surface area contributed by atoms with Gasteiger partial charge in [-0.15, -0.1) is 0 Å². The largest absolute Gasteiger partial charge is 0.459 e. The first-order valence-electron chi connectivity index (χ1n) is 12.4. The van der Waals surface area contributed by atoms with E-state index in [2.05, 4.69) is 15.4 Å². The standard InChI is InChI=1S/C23H36ClN5O9S2/c1-6-37-22(32)29(10-8-7-9-26-14(2)21(31)38-23(3,4)5)20(30)13-19-27-16-11-15(24)17(39(25,33)34)12-18(16)40(35,36)28-19/h11-12,14,19,26-28H,6-10,13H2,1-5H3,(H2,25,33,34)/t14?,19-/m0/s1. The predicted octanol–water partition coefficient (Wildman–Crippen LogP) is 1.49. The van der Waals surface area contributed by atoms with Crippen LogP contribution in [-0.4, -0.2) is 77.2 Å². The molecule has 2 amide bonds. The number of nitrogens with two attached hydrogens (primary N) is 1. The minimum atomic E-state index is -4.30. The number of imide groups is 1. The summed E-state index contributed by atoms with van der Waals surface area (Å²) in [5, 5.41) is 10.6. The Morgan fingerprint density at radius 1 is 1.23 bits per heavy atom. The minimum Gasteiger partial charge on any atom is -0.459 e. The zero-order valence-corrected chi connectivity index (χ0v) is 25.3. The van der Waals surface area contributed by atoms with Gasteiger partial charge in [-0.05, 0) is 66.1 Å². The molecule has 1 unspecified atom stereocenters. The molecule has 1 aliphatic rings. The number of hydrogen-bond donors (Lipinski definition) is 4. The van der Waals surface area contributed by atoms with Crippen molar-refractivity contribution in [3.63, 3.8) is 0 Å². The molecular formula is C23H36ClN5O9S2. The Balaban J connectivity index is 2.04. The summed E-state index contributed by atoms with van der Waals surface area (Å²) in [6.45, 7) is 8.97. The number of esters is 1. The van der Waals surface area contributed by atoms with Crippen molar-refractivity contribution in [3.8, 4) is 0 Å². The van der Waals surface area contributed by atoms with E-state index < -0.39 is 72.0 Å². The molecule has 0 fully saturated rings. The number of fused-ring (bicyclic) bond motifs is 1. The fourth-order valence-corrected chi connectivity index (χ4v) is 6.14. The monoisotopic (exact) mass is 625 g/mol. The lowest BCUT2D eigenvalue weighted by Crippen LogP contribution is -2.49. The molecule has 40 heavy (non-hydrogen) atoms. The summed E-state index contributed by atoms with van der Waals surface area (Å²) in [5.74, 6) is -1.12. The van der Waals surface area contributed by atoms with Gasteiger partial charge >= 0.3 is 12.1 Å². The molecule has 1 heterocycles. The maximum absolute atomic E-state index is 13.0. The Morgan fingerprint density at radius 3 is 2.45 bits per heavy atom. The van der Waals surface area contributed by atoms with E-state index in [0.717, 1.165) is 17.0 Å². The highest BCUT2D eigenvalue weighted by molar-refractivity contribution is 7.90. The van der Waals surface area contributed by atoms with Gasteiger partial charge in [0.15, 0.2) is 0 Å². The van der Waals surface area contributed by atoms with Crippen molar-refractivity contribution in [2.75, 3.05) is 25.0 Å². The molecule has 1 aliphatic heterocycles. The first-order valence-corrected chi connectivity index (χ1v) is 15.8. The SMILES string of the molecule is CCOC(=O)N(CCCCNC(C)C(=O)OC(C)(C)C)C(=O)C[C@H]1Nc2cc(Cl)c(S(N)(=O)=O)cc2S(=O)(=O)N1. The Hall–Kier alpha value is -2.50. The number of anilines is 1. The molecule has 14 nitrogen and oxygen atoms in total. The van der Waals surface area contributed by atoms with Crippen LogP contribution in [0.5, 0.6) is 0 Å². The predicted molar refractivity (Wildman–Crippen MR) is 146 cm³/mol. The van der Waals surface area contributed by atoms with Crippen LogP contribution in [0.25, 0.3) is 0 Å². The quantitative estimate of drug-likeness (QED) is 0.205. The van der Waals surface area contributed by atoms with Crippen molar-refractivity contribution in [2.45, 2.75) is 81.5 Å². The summed E-state index contributed by atoms with van der Waals surface area (Å²) in [6.07, 6.45) is -1.66. The van der Waals surface area contributed by atoms with Gasteiger partial charge in [-0.1, -0.05) is 11.6 Å². The summed E-state index contributed by atoms with van der Waals surface area (Å²) in [4.78, 5) is 37.5. The van der Waals surface area contributed by atoms with Crippen LogP contribution in [0.15, 0.2) is 21.9 Å². The molecule has 2 atom stereocenters. The van der Waals surface area contributed by atoms with E-state index in [0.29, 0.717) is 19.4 Å². The number of unbranched alkanes of at least 4 members (excludes halogenated alkanes) is 1. The lowest BCUT2D eigenvalue weighted by Gasteiger charge is -2.29. The van der Waals surface area contributed by atoms with Gasteiger partial charge in [-0.2, -0.15) is 4.72 Å². The van der Waals surface area contributed by atoms with Crippen molar-refractivity contribution < 1.29 is 40.7 Å². The lowest BCUT2D eigenvalue weighted by atomic mass is 10.2. The van der Waals surface area contributed by atoms with Crippen LogP contribution in [0, 0.1) is 0 Å². The first-order chi connectivity index (χ1) is 18.4. The van der Waals surface area contributed by atoms with Crippen LogP contribution in [0.3, 0.4) is 0 Å². The highest BCUT2D eigenvalue weighted by Crippen LogP contribution is 2.34. The molecule has 0 aliphatic carbocycles. The van der Waals surface area contributed by atoms with E-state index in [1.54, 1.807) is 34.6 Å². The summed E-state index contributed by atoms with van der Waals surface area (Å²) >= 11 is 5.99. The average Bonchev–Trinajstić information content (AvgIpc) is 2.78. The molecule has 0 aromatic heterocycles. The molecule has 17 heteroatoms. The second-order valence-electron chi connectivity index (χ2n) is 10.0. The number of nitrogens with zero attached hydrogens (tertiary/aromatic N) is 1. The van der Waals surface area contributed by atoms with Gasteiger partial charge in [-0.3, -0.25) is 9.59 Å². The van der Waals surface area contributed by atoms with E-state index in [1.165, 1.54) is 0 Å². The smallest absolute Gasteiger partial charge is 0.416 e. The van der Waals surface area contributed by atoms with E-state index in [1.807, 2.05) is 0 Å². The van der Waals surface area contributed by atoms with Crippen molar-refractivity contribution in [1.82, 2.24) is 14.9 Å². The fraction of sp³-hybridized carbons (Fsp3) is 0.609. The van der Waals surface area contributed by atoms with Gasteiger partial charge in [-0.25, -0.2) is 31.7 Å². The average molecular weight is 626 g/mol. The van der Waals surface area contributed by atoms with Gasteiger partial charge in [0.1, 0.15) is 21.4 Å². The third-order valence-electron chi connectivity index (χ3n) is 5.44. The Kier molecular flexibility index (Phi) is 11.3. The molecule has 1 aromatic carbocycles. The third-order valence-corrected chi connectivity index (χ3v) is 8.33. The van der Waals surface area contributed by atoms with Gasteiger partial charge in [0.2, 0.25) is 26.0 Å². The Bertz CT molecular complexity index is 1330. The zero-order valence-electron chi connectivity index (χ0n) is 22.9. The van der Waals surface area contributed by atoms with Crippen molar-refractivity contribution in [2.24, 2.45) is 5.14 Å². The van der Waals surface area contributed by atoms with E-state index in [9.17, 15) is 31.2 Å². The Labute approximate surface area is 239 Å². The molecule has 0 saturated heterocycles. The number of halogens is 1. The van der Waals surface area contributed by atoms with Crippen molar-refractivity contribution >= 4 is 55.3 Å². The second-order valence-corrected chi connectivity index (χ2v) is 13.6. The minimum absolute atomic E-state index is 0.0141. The number of amides is 2. The van der Waals surface area contributed by atoms with Crippen LogP contribution in [-0.2, 0) is 39.1 Å². The number of carbonyl (C=O) groups is 3. The number of hydrogen-bond acceptors (Lipinski definition) is 11. The van der Waals surface area contributed by atoms with Crippen molar-refractivity contribution in [3.05, 3.63) is 17.2 Å². The number of sulfonamides is 2. The van der Waals surface area contributed by atoms with E-state index in [-0.39, 0.29) is 23.9 Å². The first kappa shape index (κ1) is 33.7. The highest BCUT2D eigenvalue weighted by Gasteiger charge is 2.34. The van der Waals surface area contributed by atoms with Crippen molar-refractivity contribution in [1.29, 1.82) is 0 Å². The van der Waals surface area contributed by atoms with Crippen LogP contribution < -0.4 is 20.5 Å². The number of primary sulfonamides is 1. The third kappa shape index (κ3) is 9.55. The van der Waals surface area contributed by atoms with Crippen LogP contribution in [0.2, 0.25) is 5.02 Å². The second kappa shape index (κ2) is 13.4. The molecular weight excluding hydrogens is 590 g/mol. The summed E-state index contributed by atoms with van der Waals surface area (Å²) in [5.41, 5.74) is -0.654. The molecule has 0 radical (unpaired) electrons. The molecule has 0 bridgehead atoms. The van der Waals surface area contributed by atoms with Gasteiger partial charge in [0.05, 0.1) is 29.9 Å². The number of rotatable bonds is 11. The lowest BCUT2D eigenvalue weighted by molar-refractivity contribution is -0.157. The van der Waals surface area contributed by atoms with Gasteiger partial charge in [0.25, 0.3) is 0 Å². The van der Waals surface area contributed by atoms with Gasteiger partial charge in [0, 0.05) is 6.54 Å². The van der Waals surface area contributed by atoms with Crippen LogP contribution in [0.4, 0.5) is 10.5 Å². The Morgan fingerprint density at radius 2 is 1.88 bits per heavy atom. The summed E-state index contributed by atoms with van der Waals surface area (Å²) < 4.78 is 61.6. The number of nitrogens with one attached hydrogen (secondary N) is 3. The number of benzene rings is 1. The zero-order chi connectivity index (χ0) is 30.5. The van der Waals surface area contributed by atoms with Crippen LogP contribution >= 0.6 is 11.6 Å². The number of ether oxygens (including phenoxy) is 2. The van der Waals surface area contributed by atoms with Crippen LogP contribution in [0.1, 0.15) is 53.9 Å². The highest BCUT2D eigenvalue weighted by atomic mass is 35.5. The van der Waals surface area contributed by atoms with E-state index >= 15 is 0 Å². The fourth-order valence-electron chi connectivity index (χ4n) is 3.64. The molecule has 5 N–H and O–H groups in total.